The van der Waals surface area contributed by atoms with Crippen LogP contribution in [0.5, 0.6) is 0 Å². The van der Waals surface area contributed by atoms with Crippen LogP contribution in [0.15, 0.2) is 30.6 Å². The Bertz CT molecular complexity index is 1150. The first-order valence-electron chi connectivity index (χ1n) is 9.69. The molecule has 2 fully saturated rings. The number of anilines is 1. The number of aromatic nitrogens is 4. The molecule has 2 aliphatic carbocycles. The number of nitrogens with zero attached hydrogens (tertiary/aromatic N) is 4. The van der Waals surface area contributed by atoms with Crippen molar-refractivity contribution in [2.24, 2.45) is 11.8 Å². The van der Waals surface area contributed by atoms with E-state index in [0.717, 1.165) is 6.42 Å². The van der Waals surface area contributed by atoms with Gasteiger partial charge < -0.3 is 20.1 Å². The Kier molecular flexibility index (Phi) is 4.43. The van der Waals surface area contributed by atoms with Gasteiger partial charge in [-0.05, 0) is 43.2 Å². The molecule has 0 aliphatic heterocycles. The normalized spacial score (nSPS) is 27.4. The van der Waals surface area contributed by atoms with Crippen LogP contribution in [0.1, 0.15) is 30.8 Å². The number of hydrogen-bond acceptors (Lipinski definition) is 6. The number of rotatable bonds is 3. The van der Waals surface area contributed by atoms with Gasteiger partial charge in [-0.2, -0.15) is 0 Å². The minimum Gasteiger partial charge on any atom is -0.390 e. The summed E-state index contributed by atoms with van der Waals surface area (Å²) < 4.78 is 1.87. The van der Waals surface area contributed by atoms with E-state index in [1.165, 1.54) is 0 Å². The molecule has 2 heterocycles. The van der Waals surface area contributed by atoms with E-state index in [-0.39, 0.29) is 17.9 Å². The number of nitrogens with one attached hydrogen (secondary N) is 1. The first kappa shape index (κ1) is 18.4. The van der Waals surface area contributed by atoms with E-state index >= 15 is 0 Å². The van der Waals surface area contributed by atoms with E-state index in [0.29, 0.717) is 39.9 Å². The minimum atomic E-state index is -0.827. The number of aliphatic hydroxyl groups is 2. The smallest absolute Gasteiger partial charge is 0.209 e. The van der Waals surface area contributed by atoms with Gasteiger partial charge in [0.05, 0.1) is 23.5 Å². The van der Waals surface area contributed by atoms with Crippen LogP contribution < -0.4 is 5.32 Å². The Morgan fingerprint density at radius 2 is 2.00 bits per heavy atom. The molecule has 29 heavy (non-hydrogen) atoms. The zero-order chi connectivity index (χ0) is 20.1. The molecule has 0 bridgehead atoms. The molecule has 5 atom stereocenters. The molecule has 3 N–H and O–H groups in total. The fraction of sp³-hybridized carbons (Fsp3) is 0.381. The van der Waals surface area contributed by atoms with Gasteiger partial charge >= 0.3 is 0 Å². The molecule has 2 saturated carbocycles. The molecule has 1 aromatic carbocycles. The van der Waals surface area contributed by atoms with Crippen LogP contribution in [0.2, 0.25) is 5.02 Å². The predicted octanol–water partition coefficient (Wildman–Crippen LogP) is 2.22. The SMILES string of the molecule is CCNc1nc(C#Cc2ccccc2Cl)nc2c1ncn2[C@H]1[C@H](O)[C@H](O)[C@@H]2C[C@@H]21. The predicted molar refractivity (Wildman–Crippen MR) is 110 cm³/mol. The highest BCUT2D eigenvalue weighted by Crippen LogP contribution is 2.57. The summed E-state index contributed by atoms with van der Waals surface area (Å²) in [5, 5.41) is 24.5. The van der Waals surface area contributed by atoms with Crippen molar-refractivity contribution in [2.75, 3.05) is 11.9 Å². The summed E-state index contributed by atoms with van der Waals surface area (Å²) in [6, 6.07) is 7.11. The lowest BCUT2D eigenvalue weighted by molar-refractivity contribution is 0.00386. The number of imidazole rings is 1. The second kappa shape index (κ2) is 6.99. The molecular weight excluding hydrogens is 390 g/mol. The molecule has 148 valence electrons. The van der Waals surface area contributed by atoms with Crippen molar-refractivity contribution in [3.05, 3.63) is 47.0 Å². The van der Waals surface area contributed by atoms with Gasteiger partial charge in [0.15, 0.2) is 17.0 Å². The standard InChI is InChI=1S/C21H20ClN5O2/c1-2-23-20-16-21(26-15(25-20)8-7-11-5-3-4-6-14(11)22)27(10-24-16)17-12-9-13(12)18(28)19(17)29/h3-6,10,12-13,17-19,28-29H,2,9H2,1H3,(H,23,25,26)/t12-,13+,17+,18+,19-/m0/s1. The Balaban J connectivity index is 1.60. The molecule has 0 amide bonds. The summed E-state index contributed by atoms with van der Waals surface area (Å²) in [6.07, 6.45) is 1.06. The van der Waals surface area contributed by atoms with Crippen LogP contribution in [0.3, 0.4) is 0 Å². The van der Waals surface area contributed by atoms with Gasteiger partial charge in [0.1, 0.15) is 6.10 Å². The highest BCUT2D eigenvalue weighted by Gasteiger charge is 2.60. The average molecular weight is 410 g/mol. The van der Waals surface area contributed by atoms with Crippen LogP contribution in [0.4, 0.5) is 5.82 Å². The maximum atomic E-state index is 10.5. The molecule has 0 saturated heterocycles. The quantitative estimate of drug-likeness (QED) is 0.574. The van der Waals surface area contributed by atoms with Gasteiger partial charge in [0, 0.05) is 12.1 Å². The summed E-state index contributed by atoms with van der Waals surface area (Å²) in [6.45, 7) is 2.65. The number of fused-ring (bicyclic) bond motifs is 2. The van der Waals surface area contributed by atoms with Crippen LogP contribution in [0, 0.1) is 23.7 Å². The van der Waals surface area contributed by atoms with Crippen LogP contribution in [-0.4, -0.2) is 48.5 Å². The van der Waals surface area contributed by atoms with Gasteiger partial charge in [-0.3, -0.25) is 0 Å². The van der Waals surface area contributed by atoms with E-state index in [4.69, 9.17) is 11.6 Å². The lowest BCUT2D eigenvalue weighted by Crippen LogP contribution is -2.31. The van der Waals surface area contributed by atoms with Crippen LogP contribution in [-0.2, 0) is 0 Å². The minimum absolute atomic E-state index is 0.155. The van der Waals surface area contributed by atoms with E-state index < -0.39 is 12.2 Å². The van der Waals surface area contributed by atoms with Crippen molar-refractivity contribution in [3.63, 3.8) is 0 Å². The van der Waals surface area contributed by atoms with Crippen molar-refractivity contribution < 1.29 is 10.2 Å². The fourth-order valence-corrected chi connectivity index (χ4v) is 4.45. The first-order chi connectivity index (χ1) is 14.1. The van der Waals surface area contributed by atoms with E-state index in [1.807, 2.05) is 29.7 Å². The van der Waals surface area contributed by atoms with Crippen molar-refractivity contribution in [1.82, 2.24) is 19.5 Å². The molecule has 5 rings (SSSR count). The Morgan fingerprint density at radius 1 is 1.17 bits per heavy atom. The van der Waals surface area contributed by atoms with Crippen molar-refractivity contribution >= 4 is 28.6 Å². The molecule has 2 aliphatic rings. The van der Waals surface area contributed by atoms with Gasteiger partial charge in [-0.15, -0.1) is 0 Å². The van der Waals surface area contributed by atoms with Crippen molar-refractivity contribution in [2.45, 2.75) is 31.6 Å². The van der Waals surface area contributed by atoms with Gasteiger partial charge in [-0.1, -0.05) is 29.7 Å². The maximum Gasteiger partial charge on any atom is 0.209 e. The molecule has 0 spiro atoms. The lowest BCUT2D eigenvalue weighted by Gasteiger charge is -2.22. The third-order valence-corrected chi connectivity index (χ3v) is 6.07. The van der Waals surface area contributed by atoms with Crippen LogP contribution >= 0.6 is 11.6 Å². The van der Waals surface area contributed by atoms with E-state index in [1.54, 1.807) is 12.4 Å². The number of aliphatic hydroxyl groups excluding tert-OH is 2. The molecule has 0 radical (unpaired) electrons. The summed E-state index contributed by atoms with van der Waals surface area (Å²) in [4.78, 5) is 13.6. The van der Waals surface area contributed by atoms with Crippen LogP contribution in [0.25, 0.3) is 11.2 Å². The maximum absolute atomic E-state index is 10.5. The molecular formula is C21H20ClN5O2. The Labute approximate surface area is 172 Å². The number of benzene rings is 1. The van der Waals surface area contributed by atoms with E-state index in [9.17, 15) is 10.2 Å². The zero-order valence-electron chi connectivity index (χ0n) is 15.7. The zero-order valence-corrected chi connectivity index (χ0v) is 16.5. The van der Waals surface area contributed by atoms with Crippen molar-refractivity contribution in [3.8, 4) is 11.8 Å². The monoisotopic (exact) mass is 409 g/mol. The molecule has 0 unspecified atom stereocenters. The first-order valence-corrected chi connectivity index (χ1v) is 10.1. The second-order valence-corrected chi connectivity index (χ2v) is 7.92. The topological polar surface area (TPSA) is 96.1 Å². The lowest BCUT2D eigenvalue weighted by atomic mass is 10.1. The summed E-state index contributed by atoms with van der Waals surface area (Å²) in [5.41, 5.74) is 1.93. The fourth-order valence-electron chi connectivity index (χ4n) is 4.27. The molecule has 8 heteroatoms. The number of halogens is 1. The van der Waals surface area contributed by atoms with Crippen molar-refractivity contribution in [1.29, 1.82) is 0 Å². The van der Waals surface area contributed by atoms with Gasteiger partial charge in [0.25, 0.3) is 0 Å². The third-order valence-electron chi connectivity index (χ3n) is 5.74. The molecule has 2 aromatic heterocycles. The summed E-state index contributed by atoms with van der Waals surface area (Å²) in [7, 11) is 0. The van der Waals surface area contributed by atoms with E-state index in [2.05, 4.69) is 32.1 Å². The van der Waals surface area contributed by atoms with Gasteiger partial charge in [0.2, 0.25) is 5.82 Å². The molecule has 7 nitrogen and oxygen atoms in total. The Morgan fingerprint density at radius 3 is 2.72 bits per heavy atom. The third kappa shape index (κ3) is 3.04. The highest BCUT2D eigenvalue weighted by molar-refractivity contribution is 6.31. The molecule has 3 aromatic rings. The van der Waals surface area contributed by atoms with Gasteiger partial charge in [-0.25, -0.2) is 15.0 Å². The highest BCUT2D eigenvalue weighted by atomic mass is 35.5. The Hall–Kier alpha value is -2.66. The summed E-state index contributed by atoms with van der Waals surface area (Å²) >= 11 is 6.19. The number of hydrogen-bond donors (Lipinski definition) is 3. The average Bonchev–Trinajstić information content (AvgIpc) is 3.32. The second-order valence-electron chi connectivity index (χ2n) is 7.52. The largest absolute Gasteiger partial charge is 0.390 e. The summed E-state index contributed by atoms with van der Waals surface area (Å²) in [5.74, 6) is 7.35.